The summed E-state index contributed by atoms with van der Waals surface area (Å²) in [5.41, 5.74) is 0. The summed E-state index contributed by atoms with van der Waals surface area (Å²) < 4.78 is 5.18. The summed E-state index contributed by atoms with van der Waals surface area (Å²) in [4.78, 5) is 4.13. The van der Waals surface area contributed by atoms with Gasteiger partial charge in [-0.1, -0.05) is 0 Å². The normalized spacial score (nSPS) is 11.9. The molecule has 0 aromatic rings. The summed E-state index contributed by atoms with van der Waals surface area (Å²) in [7, 11) is 3.46. The zero-order valence-corrected chi connectivity index (χ0v) is 13.9. The third-order valence-electron chi connectivity index (χ3n) is 2.06. The number of nitrogens with zero attached hydrogens (tertiary/aromatic N) is 1. The first-order valence-electron chi connectivity index (χ1n) is 5.04. The predicted octanol–water partition coefficient (Wildman–Crippen LogP) is 1.56. The highest BCUT2D eigenvalue weighted by Gasteiger charge is 2.15. The fourth-order valence-electron chi connectivity index (χ4n) is 0.861. The van der Waals surface area contributed by atoms with Crippen molar-refractivity contribution in [2.75, 3.05) is 40.1 Å². The number of rotatable bonds is 6. The molecule has 0 aliphatic carbocycles. The summed E-state index contributed by atoms with van der Waals surface area (Å²) in [5.74, 6) is 0.828. The minimum Gasteiger partial charge on any atom is -0.383 e. The fourth-order valence-corrected chi connectivity index (χ4v) is 1.08. The van der Waals surface area contributed by atoms with E-state index in [9.17, 15) is 0 Å². The molecule has 0 aromatic carbocycles. The van der Waals surface area contributed by atoms with Gasteiger partial charge in [-0.3, -0.25) is 4.99 Å². The smallest absolute Gasteiger partial charge is 0.191 e. The quantitative estimate of drug-likeness (QED) is 0.326. The Bertz CT molecular complexity index is 201. The van der Waals surface area contributed by atoms with Gasteiger partial charge in [0, 0.05) is 32.0 Å². The Hall–Kier alpha value is 0.310. The first kappa shape index (κ1) is 18.7. The largest absolute Gasteiger partial charge is 0.383 e. The molecule has 0 radical (unpaired) electrons. The van der Waals surface area contributed by atoms with Crippen molar-refractivity contribution in [2.45, 2.75) is 18.6 Å². The molecule has 0 saturated carbocycles. The molecule has 4 nitrogen and oxygen atoms in total. The molecule has 0 unspecified atom stereocenters. The number of ether oxygens (including phenoxy) is 1. The van der Waals surface area contributed by atoms with Crippen molar-refractivity contribution < 1.29 is 4.74 Å². The van der Waals surface area contributed by atoms with Crippen LogP contribution in [0, 0.1) is 0 Å². The lowest BCUT2D eigenvalue weighted by Gasteiger charge is -2.23. The summed E-state index contributed by atoms with van der Waals surface area (Å²) in [6.45, 7) is 6.75. The van der Waals surface area contributed by atoms with E-state index in [-0.39, 0.29) is 28.7 Å². The Morgan fingerprint density at radius 1 is 1.38 bits per heavy atom. The highest BCUT2D eigenvalue weighted by molar-refractivity contribution is 14.0. The SMILES string of the molecule is CN=C(NCCOC)NCC(C)(C)SC.I. The van der Waals surface area contributed by atoms with E-state index >= 15 is 0 Å². The first-order valence-corrected chi connectivity index (χ1v) is 6.27. The second-order valence-corrected chi connectivity index (χ2v) is 5.32. The molecule has 0 saturated heterocycles. The molecule has 0 rings (SSSR count). The molecule has 0 aliphatic rings. The highest BCUT2D eigenvalue weighted by atomic mass is 127. The van der Waals surface area contributed by atoms with Crippen molar-refractivity contribution in [2.24, 2.45) is 4.99 Å². The van der Waals surface area contributed by atoms with E-state index in [1.54, 1.807) is 14.2 Å². The van der Waals surface area contributed by atoms with Crippen molar-refractivity contribution in [3.8, 4) is 0 Å². The molecular weight excluding hydrogens is 337 g/mol. The Kier molecular flexibility index (Phi) is 12.2. The van der Waals surface area contributed by atoms with Crippen LogP contribution < -0.4 is 10.6 Å². The number of methoxy groups -OCH3 is 1. The highest BCUT2D eigenvalue weighted by Crippen LogP contribution is 2.19. The van der Waals surface area contributed by atoms with E-state index in [0.29, 0.717) is 6.61 Å². The lowest BCUT2D eigenvalue weighted by molar-refractivity contribution is 0.203. The fraction of sp³-hybridized carbons (Fsp3) is 0.900. The summed E-state index contributed by atoms with van der Waals surface area (Å²) in [6, 6.07) is 0. The Morgan fingerprint density at radius 3 is 2.44 bits per heavy atom. The minimum atomic E-state index is 0. The van der Waals surface area contributed by atoms with E-state index < -0.39 is 0 Å². The lowest BCUT2D eigenvalue weighted by Crippen LogP contribution is -2.44. The second-order valence-electron chi connectivity index (χ2n) is 3.81. The molecule has 0 heterocycles. The maximum absolute atomic E-state index is 4.95. The zero-order valence-electron chi connectivity index (χ0n) is 10.8. The van der Waals surface area contributed by atoms with Crippen LogP contribution in [0.5, 0.6) is 0 Å². The molecule has 0 fully saturated rings. The minimum absolute atomic E-state index is 0. The van der Waals surface area contributed by atoms with Crippen molar-refractivity contribution in [1.82, 2.24) is 10.6 Å². The van der Waals surface area contributed by atoms with Crippen LogP contribution >= 0.6 is 35.7 Å². The van der Waals surface area contributed by atoms with Crippen LogP contribution in [-0.2, 0) is 4.74 Å². The number of hydrogen-bond acceptors (Lipinski definition) is 3. The van der Waals surface area contributed by atoms with Gasteiger partial charge in [-0.25, -0.2) is 0 Å². The van der Waals surface area contributed by atoms with Crippen LogP contribution in [0.25, 0.3) is 0 Å². The van der Waals surface area contributed by atoms with Crippen molar-refractivity contribution >= 4 is 41.7 Å². The number of aliphatic imine (C=N–C) groups is 1. The molecule has 0 bridgehead atoms. The second kappa shape index (κ2) is 10.5. The monoisotopic (exact) mass is 361 g/mol. The zero-order chi connectivity index (χ0) is 11.7. The summed E-state index contributed by atoms with van der Waals surface area (Å²) in [5, 5.41) is 6.45. The van der Waals surface area contributed by atoms with Gasteiger partial charge in [-0.2, -0.15) is 11.8 Å². The van der Waals surface area contributed by atoms with Crippen molar-refractivity contribution in [3.63, 3.8) is 0 Å². The molecule has 16 heavy (non-hydrogen) atoms. The summed E-state index contributed by atoms with van der Waals surface area (Å²) in [6.07, 6.45) is 2.11. The van der Waals surface area contributed by atoms with E-state index in [1.165, 1.54) is 0 Å². The maximum atomic E-state index is 4.95. The molecule has 98 valence electrons. The standard InChI is InChI=1S/C10H23N3OS.HI/c1-10(2,15-5)8-13-9(11-3)12-6-7-14-4;/h6-8H2,1-5H3,(H2,11,12,13);1H. The Balaban J connectivity index is 0. The van der Waals surface area contributed by atoms with Gasteiger partial charge >= 0.3 is 0 Å². The predicted molar refractivity (Wildman–Crippen MR) is 84.2 cm³/mol. The number of halogens is 1. The van der Waals surface area contributed by atoms with Gasteiger partial charge in [0.2, 0.25) is 0 Å². The van der Waals surface area contributed by atoms with Gasteiger partial charge < -0.3 is 15.4 Å². The number of hydrogen-bond donors (Lipinski definition) is 2. The van der Waals surface area contributed by atoms with Crippen molar-refractivity contribution in [1.29, 1.82) is 0 Å². The van der Waals surface area contributed by atoms with Crippen LogP contribution in [0.4, 0.5) is 0 Å². The summed E-state index contributed by atoms with van der Waals surface area (Å²) >= 11 is 1.84. The Morgan fingerprint density at radius 2 is 2.00 bits per heavy atom. The molecule has 2 N–H and O–H groups in total. The molecular formula is C10H24IN3OS. The van der Waals surface area contributed by atoms with Crippen molar-refractivity contribution in [3.05, 3.63) is 0 Å². The van der Waals surface area contributed by atoms with Gasteiger partial charge in [0.15, 0.2) is 5.96 Å². The first-order chi connectivity index (χ1) is 7.05. The topological polar surface area (TPSA) is 45.7 Å². The lowest BCUT2D eigenvalue weighted by atomic mass is 10.2. The van der Waals surface area contributed by atoms with E-state index in [1.807, 2.05) is 11.8 Å². The maximum Gasteiger partial charge on any atom is 0.191 e. The molecule has 0 aromatic heterocycles. The van der Waals surface area contributed by atoms with E-state index in [2.05, 4.69) is 35.7 Å². The van der Waals surface area contributed by atoms with Crippen LogP contribution in [-0.4, -0.2) is 50.8 Å². The van der Waals surface area contributed by atoms with Crippen LogP contribution in [0.15, 0.2) is 4.99 Å². The molecule has 0 aliphatic heterocycles. The molecule has 0 spiro atoms. The van der Waals surface area contributed by atoms with Gasteiger partial charge in [-0.05, 0) is 20.1 Å². The van der Waals surface area contributed by atoms with Crippen LogP contribution in [0.2, 0.25) is 0 Å². The van der Waals surface area contributed by atoms with Gasteiger partial charge in [0.25, 0.3) is 0 Å². The number of guanidine groups is 1. The number of thioether (sulfide) groups is 1. The molecule has 0 atom stereocenters. The van der Waals surface area contributed by atoms with Gasteiger partial charge in [-0.15, -0.1) is 24.0 Å². The average Bonchev–Trinajstić information content (AvgIpc) is 2.23. The van der Waals surface area contributed by atoms with E-state index in [0.717, 1.165) is 19.0 Å². The average molecular weight is 361 g/mol. The van der Waals surface area contributed by atoms with Crippen LogP contribution in [0.3, 0.4) is 0 Å². The third-order valence-corrected chi connectivity index (χ3v) is 3.31. The van der Waals surface area contributed by atoms with Crippen LogP contribution in [0.1, 0.15) is 13.8 Å². The van der Waals surface area contributed by atoms with Gasteiger partial charge in [0.05, 0.1) is 6.61 Å². The molecule has 6 heteroatoms. The number of nitrogens with one attached hydrogen (secondary N) is 2. The van der Waals surface area contributed by atoms with E-state index in [4.69, 9.17) is 4.74 Å². The third kappa shape index (κ3) is 9.53. The van der Waals surface area contributed by atoms with Gasteiger partial charge in [0.1, 0.15) is 0 Å². The Labute approximate surface area is 120 Å². The molecule has 0 amide bonds.